The summed E-state index contributed by atoms with van der Waals surface area (Å²) in [7, 11) is -3.79. The quantitative estimate of drug-likeness (QED) is 0.592. The molecule has 1 aromatic heterocycles. The van der Waals surface area contributed by atoms with Crippen molar-refractivity contribution in [3.63, 3.8) is 0 Å². The molecule has 0 atom stereocenters. The van der Waals surface area contributed by atoms with E-state index in [1.165, 1.54) is 16.7 Å². The fourth-order valence-electron chi connectivity index (χ4n) is 2.70. The molecule has 0 aliphatic rings. The largest absolute Gasteiger partial charge is 0.268 e. The maximum atomic E-state index is 13.1. The van der Waals surface area contributed by atoms with Gasteiger partial charge in [0.1, 0.15) is 5.82 Å². The Bertz CT molecular complexity index is 1160. The van der Waals surface area contributed by atoms with Gasteiger partial charge in [-0.25, -0.2) is 18.5 Å². The maximum Gasteiger partial charge on any atom is 0.266 e. The Morgan fingerprint density at radius 3 is 2.38 bits per heavy atom. The minimum Gasteiger partial charge on any atom is -0.268 e. The monoisotopic (exact) mass is 499 g/mol. The molecule has 0 amide bonds. The molecule has 0 aliphatic carbocycles. The van der Waals surface area contributed by atoms with Crippen LogP contribution in [0.25, 0.3) is 16.6 Å². The zero-order chi connectivity index (χ0) is 19.1. The second kappa shape index (κ2) is 7.22. The number of primary sulfonamides is 1. The van der Waals surface area contributed by atoms with E-state index in [1.54, 1.807) is 18.2 Å². The van der Waals surface area contributed by atoms with Crippen molar-refractivity contribution in [3.05, 3.63) is 61.5 Å². The minimum atomic E-state index is -3.79. The van der Waals surface area contributed by atoms with E-state index in [4.69, 9.17) is 5.14 Å². The molecular weight excluding hydrogens is 486 g/mol. The van der Waals surface area contributed by atoms with Crippen LogP contribution in [0.4, 0.5) is 0 Å². The molecule has 6 nitrogen and oxygen atoms in total. The third-order valence-corrected chi connectivity index (χ3v) is 5.85. The molecule has 2 N–H and O–H groups in total. The van der Waals surface area contributed by atoms with E-state index >= 15 is 0 Å². The minimum absolute atomic E-state index is 0.00872. The normalized spacial score (nSPS) is 11.8. The van der Waals surface area contributed by atoms with Gasteiger partial charge in [-0.05, 0) is 58.7 Å². The van der Waals surface area contributed by atoms with Gasteiger partial charge in [0, 0.05) is 15.4 Å². The van der Waals surface area contributed by atoms with Gasteiger partial charge in [0.15, 0.2) is 0 Å². The Labute approximate surface area is 167 Å². The molecule has 0 radical (unpaired) electrons. The van der Waals surface area contributed by atoms with Gasteiger partial charge in [-0.15, -0.1) is 0 Å². The zero-order valence-electron chi connectivity index (χ0n) is 13.7. The van der Waals surface area contributed by atoms with Crippen LogP contribution in [0.3, 0.4) is 0 Å². The third kappa shape index (κ3) is 3.62. The lowest BCUT2D eigenvalue weighted by molar-refractivity contribution is 0.598. The first-order valence-corrected chi connectivity index (χ1v) is 10.9. The standard InChI is InChI=1S/C17H15Br2N3O3S/c1-2-3-15-21-16-13(8-10(18)9-14(16)19)17(23)22(15)11-4-6-12(7-5-11)26(20,24)25/h4-9H,2-3H2,1H3,(H2,20,24,25). The van der Waals surface area contributed by atoms with E-state index < -0.39 is 10.0 Å². The summed E-state index contributed by atoms with van der Waals surface area (Å²) in [6.45, 7) is 2.00. The lowest BCUT2D eigenvalue weighted by atomic mass is 10.2. The molecule has 0 spiro atoms. The van der Waals surface area contributed by atoms with Crippen molar-refractivity contribution in [1.29, 1.82) is 0 Å². The van der Waals surface area contributed by atoms with Gasteiger partial charge in [-0.1, -0.05) is 22.9 Å². The first-order valence-electron chi connectivity index (χ1n) is 7.76. The second-order valence-electron chi connectivity index (χ2n) is 5.74. The number of nitrogens with two attached hydrogens (primary N) is 1. The highest BCUT2D eigenvalue weighted by Gasteiger charge is 2.16. The summed E-state index contributed by atoms with van der Waals surface area (Å²) in [5.41, 5.74) is 0.916. The molecule has 3 rings (SSSR count). The van der Waals surface area contributed by atoms with Gasteiger partial charge >= 0.3 is 0 Å². The van der Waals surface area contributed by atoms with Gasteiger partial charge in [0.2, 0.25) is 10.0 Å². The predicted octanol–water partition coefficient (Wildman–Crippen LogP) is 3.51. The Balaban J connectivity index is 2.32. The van der Waals surface area contributed by atoms with Gasteiger partial charge in [0.05, 0.1) is 21.5 Å². The highest BCUT2D eigenvalue weighted by atomic mass is 79.9. The van der Waals surface area contributed by atoms with Crippen LogP contribution in [0.15, 0.2) is 55.0 Å². The molecule has 136 valence electrons. The molecular formula is C17H15Br2N3O3S. The maximum absolute atomic E-state index is 13.1. The van der Waals surface area contributed by atoms with Gasteiger partial charge in [0.25, 0.3) is 5.56 Å². The van der Waals surface area contributed by atoms with Crippen molar-refractivity contribution in [1.82, 2.24) is 9.55 Å². The zero-order valence-corrected chi connectivity index (χ0v) is 17.7. The van der Waals surface area contributed by atoms with Crippen LogP contribution in [0.2, 0.25) is 0 Å². The molecule has 1 heterocycles. The van der Waals surface area contributed by atoms with E-state index in [0.717, 1.165) is 15.4 Å². The van der Waals surface area contributed by atoms with Crippen molar-refractivity contribution in [2.75, 3.05) is 0 Å². The van der Waals surface area contributed by atoms with Gasteiger partial charge in [-0.2, -0.15) is 0 Å². The fraction of sp³-hybridized carbons (Fsp3) is 0.176. The highest BCUT2D eigenvalue weighted by molar-refractivity contribution is 9.11. The van der Waals surface area contributed by atoms with Crippen LogP contribution >= 0.6 is 31.9 Å². The molecule has 0 aliphatic heterocycles. The van der Waals surface area contributed by atoms with Crippen molar-refractivity contribution < 1.29 is 8.42 Å². The molecule has 0 bridgehead atoms. The summed E-state index contributed by atoms with van der Waals surface area (Å²) in [6, 6.07) is 9.44. The summed E-state index contributed by atoms with van der Waals surface area (Å²) in [5.74, 6) is 0.608. The first kappa shape index (κ1) is 19.2. The highest BCUT2D eigenvalue weighted by Crippen LogP contribution is 2.26. The van der Waals surface area contributed by atoms with Crippen LogP contribution in [0.1, 0.15) is 19.2 Å². The van der Waals surface area contributed by atoms with Crippen molar-refractivity contribution in [2.45, 2.75) is 24.7 Å². The third-order valence-electron chi connectivity index (χ3n) is 3.86. The Hall–Kier alpha value is -1.55. The number of benzene rings is 2. The molecule has 9 heteroatoms. The number of rotatable bonds is 4. The molecule has 0 saturated heterocycles. The van der Waals surface area contributed by atoms with Crippen LogP contribution in [0, 0.1) is 0 Å². The number of hydrogen-bond acceptors (Lipinski definition) is 4. The van der Waals surface area contributed by atoms with Crippen LogP contribution in [0.5, 0.6) is 0 Å². The van der Waals surface area contributed by atoms with Crippen molar-refractivity contribution in [2.24, 2.45) is 5.14 Å². The van der Waals surface area contributed by atoms with E-state index in [-0.39, 0.29) is 10.5 Å². The van der Waals surface area contributed by atoms with Gasteiger partial charge < -0.3 is 0 Å². The number of aromatic nitrogens is 2. The summed E-state index contributed by atoms with van der Waals surface area (Å²) >= 11 is 6.85. The second-order valence-corrected chi connectivity index (χ2v) is 9.07. The predicted molar refractivity (Wildman–Crippen MR) is 108 cm³/mol. The van der Waals surface area contributed by atoms with Crippen molar-refractivity contribution >= 4 is 52.8 Å². The molecule has 26 heavy (non-hydrogen) atoms. The SMILES string of the molecule is CCCc1nc2c(Br)cc(Br)cc2c(=O)n1-c1ccc(S(N)(=O)=O)cc1. The summed E-state index contributed by atoms with van der Waals surface area (Å²) in [6.07, 6.45) is 1.41. The molecule has 0 fully saturated rings. The van der Waals surface area contributed by atoms with Crippen molar-refractivity contribution in [3.8, 4) is 5.69 Å². The Morgan fingerprint density at radius 2 is 1.81 bits per heavy atom. The number of halogens is 2. The van der Waals surface area contributed by atoms with Gasteiger partial charge in [-0.3, -0.25) is 9.36 Å². The summed E-state index contributed by atoms with van der Waals surface area (Å²) in [5, 5.41) is 5.60. The number of fused-ring (bicyclic) bond motifs is 1. The lowest BCUT2D eigenvalue weighted by Crippen LogP contribution is -2.24. The van der Waals surface area contributed by atoms with E-state index in [1.807, 2.05) is 13.0 Å². The summed E-state index contributed by atoms with van der Waals surface area (Å²) < 4.78 is 25.9. The molecule has 3 aromatic rings. The molecule has 0 unspecified atom stereocenters. The Kier molecular flexibility index (Phi) is 5.34. The molecule has 2 aromatic carbocycles. The van der Waals surface area contributed by atoms with Crippen LogP contribution in [-0.4, -0.2) is 18.0 Å². The van der Waals surface area contributed by atoms with Crippen LogP contribution < -0.4 is 10.7 Å². The Morgan fingerprint density at radius 1 is 1.15 bits per heavy atom. The smallest absolute Gasteiger partial charge is 0.266 e. The first-order chi connectivity index (χ1) is 12.2. The van der Waals surface area contributed by atoms with Crippen LogP contribution in [-0.2, 0) is 16.4 Å². The number of sulfonamides is 1. The lowest BCUT2D eigenvalue weighted by Gasteiger charge is -2.14. The molecule has 0 saturated carbocycles. The summed E-state index contributed by atoms with van der Waals surface area (Å²) in [4.78, 5) is 17.8. The topological polar surface area (TPSA) is 95.0 Å². The number of nitrogens with zero attached hydrogens (tertiary/aromatic N) is 2. The average Bonchev–Trinajstić information content (AvgIpc) is 2.56. The van der Waals surface area contributed by atoms with E-state index in [2.05, 4.69) is 36.8 Å². The average molecular weight is 501 g/mol. The number of aryl methyl sites for hydroxylation is 1. The van der Waals surface area contributed by atoms with E-state index in [9.17, 15) is 13.2 Å². The fourth-order valence-corrected chi connectivity index (χ4v) is 4.53. The number of hydrogen-bond donors (Lipinski definition) is 1. The van der Waals surface area contributed by atoms with E-state index in [0.29, 0.717) is 28.8 Å².